The molecule has 0 bridgehead atoms. The van der Waals surface area contributed by atoms with Gasteiger partial charge in [0, 0.05) is 44.3 Å². The molecule has 3 heterocycles. The molecule has 1 saturated heterocycles. The van der Waals surface area contributed by atoms with Gasteiger partial charge in [0.05, 0.1) is 5.41 Å². The van der Waals surface area contributed by atoms with E-state index in [2.05, 4.69) is 17.0 Å². The first-order valence-corrected chi connectivity index (χ1v) is 12.6. The van der Waals surface area contributed by atoms with Gasteiger partial charge in [-0.25, -0.2) is 0 Å². The Hall–Kier alpha value is -2.90. The van der Waals surface area contributed by atoms with Crippen LogP contribution in [0.2, 0.25) is 5.02 Å². The van der Waals surface area contributed by atoms with Crippen LogP contribution in [0.4, 0.5) is 5.69 Å². The van der Waals surface area contributed by atoms with Crippen LogP contribution in [0.3, 0.4) is 0 Å². The molecule has 0 spiro atoms. The van der Waals surface area contributed by atoms with Crippen LogP contribution in [0.25, 0.3) is 0 Å². The smallest absolute Gasteiger partial charge is 0.219 e. The molecule has 1 fully saturated rings. The predicted molar refractivity (Wildman–Crippen MR) is 137 cm³/mol. The summed E-state index contributed by atoms with van der Waals surface area (Å²) in [7, 11) is 0. The maximum Gasteiger partial charge on any atom is 0.219 e. The molecular formula is C27H31ClN4O3. The Kier molecular flexibility index (Phi) is 6.55. The van der Waals surface area contributed by atoms with E-state index in [1.807, 2.05) is 46.5 Å². The zero-order chi connectivity index (χ0) is 24.6. The van der Waals surface area contributed by atoms with Crippen LogP contribution < -0.4 is 9.75 Å². The molecule has 3 atom stereocenters. The second-order valence-electron chi connectivity index (χ2n) is 9.65. The van der Waals surface area contributed by atoms with Gasteiger partial charge in [-0.15, -0.1) is 0 Å². The second-order valence-corrected chi connectivity index (χ2v) is 10.1. The minimum atomic E-state index is -0.648. The number of carbonyl (C=O) groups excluding carboxylic acids is 2. The summed E-state index contributed by atoms with van der Waals surface area (Å²) in [6.07, 6.45) is 3.11. The summed E-state index contributed by atoms with van der Waals surface area (Å²) < 4.78 is 6.29. The van der Waals surface area contributed by atoms with E-state index in [9.17, 15) is 9.59 Å². The number of piperazine rings is 1. The summed E-state index contributed by atoms with van der Waals surface area (Å²) in [5.41, 5.74) is 1.42. The molecule has 35 heavy (non-hydrogen) atoms. The Labute approximate surface area is 211 Å². The number of anilines is 1. The fraction of sp³-hybridized carbons (Fsp3) is 0.444. The molecule has 1 amide bonds. The molecule has 8 heteroatoms. The molecule has 5 rings (SSSR count). The Morgan fingerprint density at radius 2 is 1.83 bits per heavy atom. The van der Waals surface area contributed by atoms with Gasteiger partial charge < -0.3 is 9.64 Å². The van der Waals surface area contributed by atoms with E-state index < -0.39 is 11.5 Å². The minimum Gasteiger partial charge on any atom is -0.478 e. The van der Waals surface area contributed by atoms with Crippen molar-refractivity contribution in [1.82, 2.24) is 9.80 Å². The molecule has 0 aliphatic carbocycles. The van der Waals surface area contributed by atoms with Crippen LogP contribution >= 0.6 is 11.6 Å². The Morgan fingerprint density at radius 3 is 2.51 bits per heavy atom. The fourth-order valence-electron chi connectivity index (χ4n) is 5.65. The number of Topliss-reactive ketones (excluding diaryl/α,β-unsaturated/α-hetero) is 1. The van der Waals surface area contributed by atoms with Gasteiger partial charge in [0.2, 0.25) is 5.91 Å². The molecule has 184 valence electrons. The standard InChI is InChI=1S/C27H31ClN4O3/c1-19(33)25-26-27(21-7-4-3-5-8-21,11-6-12-30-13-15-31(16-14-30)20(2)34)18-29-32(26)23-17-22(28)9-10-24(23)35-25/h3-5,7-10,17-18,25-26H,6,11-16H2,1-2H3/t25-,26?,27+/m0/s1. The average Bonchev–Trinajstić information content (AvgIpc) is 3.25. The Balaban J connectivity index is 1.43. The lowest BCUT2D eigenvalue weighted by Crippen LogP contribution is -2.58. The lowest BCUT2D eigenvalue weighted by atomic mass is 9.69. The number of ketones is 1. The number of hydrazone groups is 1. The molecular weight excluding hydrogens is 464 g/mol. The summed E-state index contributed by atoms with van der Waals surface area (Å²) in [6, 6.07) is 15.4. The quantitative estimate of drug-likeness (QED) is 0.612. The van der Waals surface area contributed by atoms with Crippen molar-refractivity contribution in [3.8, 4) is 5.75 Å². The number of amides is 1. The molecule has 3 aliphatic rings. The third-order valence-corrected chi connectivity index (χ3v) is 7.74. The van der Waals surface area contributed by atoms with E-state index in [4.69, 9.17) is 21.4 Å². The third-order valence-electron chi connectivity index (χ3n) is 7.51. The molecule has 3 aliphatic heterocycles. The number of hydrogen-bond donors (Lipinski definition) is 0. The summed E-state index contributed by atoms with van der Waals surface area (Å²) in [5.74, 6) is 0.741. The molecule has 7 nitrogen and oxygen atoms in total. The van der Waals surface area contributed by atoms with Crippen LogP contribution in [0.15, 0.2) is 53.6 Å². The van der Waals surface area contributed by atoms with Crippen molar-refractivity contribution in [1.29, 1.82) is 0 Å². The number of benzene rings is 2. The SMILES string of the molecule is CC(=O)[C@@H]1Oc2ccc(Cl)cc2N2N=C[C@](CCCN3CCN(C(C)=O)CC3)(c3ccccc3)C12. The van der Waals surface area contributed by atoms with Gasteiger partial charge in [-0.1, -0.05) is 41.9 Å². The average molecular weight is 495 g/mol. The van der Waals surface area contributed by atoms with Crippen LogP contribution in [0, 0.1) is 0 Å². The fourth-order valence-corrected chi connectivity index (χ4v) is 5.82. The number of nitrogens with zero attached hydrogens (tertiary/aromatic N) is 4. The summed E-state index contributed by atoms with van der Waals surface area (Å²) in [6.45, 7) is 7.46. The summed E-state index contributed by atoms with van der Waals surface area (Å²) in [5, 5.41) is 7.40. The van der Waals surface area contributed by atoms with E-state index in [0.29, 0.717) is 10.8 Å². The van der Waals surface area contributed by atoms with Crippen LogP contribution in [-0.4, -0.2) is 72.6 Å². The number of carbonyl (C=O) groups is 2. The maximum absolute atomic E-state index is 12.9. The molecule has 2 aromatic carbocycles. The first-order chi connectivity index (χ1) is 16.9. The molecule has 0 radical (unpaired) electrons. The summed E-state index contributed by atoms with van der Waals surface area (Å²) in [4.78, 5) is 28.9. The van der Waals surface area contributed by atoms with Crippen molar-refractivity contribution >= 4 is 35.2 Å². The van der Waals surface area contributed by atoms with Gasteiger partial charge in [-0.2, -0.15) is 5.10 Å². The predicted octanol–water partition coefficient (Wildman–Crippen LogP) is 3.75. The van der Waals surface area contributed by atoms with Gasteiger partial charge in [0.25, 0.3) is 0 Å². The van der Waals surface area contributed by atoms with Gasteiger partial charge >= 0.3 is 0 Å². The molecule has 0 saturated carbocycles. The van der Waals surface area contributed by atoms with Crippen molar-refractivity contribution < 1.29 is 14.3 Å². The largest absolute Gasteiger partial charge is 0.478 e. The first kappa shape index (κ1) is 23.8. The topological polar surface area (TPSA) is 65.5 Å². The maximum atomic E-state index is 12.9. The van der Waals surface area contributed by atoms with Crippen molar-refractivity contribution in [2.45, 2.75) is 44.2 Å². The van der Waals surface area contributed by atoms with Crippen molar-refractivity contribution in [2.75, 3.05) is 37.7 Å². The van der Waals surface area contributed by atoms with E-state index in [1.165, 1.54) is 0 Å². The van der Waals surface area contributed by atoms with Crippen molar-refractivity contribution in [2.24, 2.45) is 5.10 Å². The number of fused-ring (bicyclic) bond motifs is 3. The monoisotopic (exact) mass is 494 g/mol. The van der Waals surface area contributed by atoms with Crippen LogP contribution in [-0.2, 0) is 15.0 Å². The van der Waals surface area contributed by atoms with Crippen molar-refractivity contribution in [3.05, 3.63) is 59.1 Å². The number of ether oxygens (including phenoxy) is 1. The van der Waals surface area contributed by atoms with Gasteiger partial charge in [-0.05, 0) is 50.1 Å². The van der Waals surface area contributed by atoms with Crippen LogP contribution in [0.5, 0.6) is 5.75 Å². The Bertz CT molecular complexity index is 1130. The molecule has 2 aromatic rings. The highest BCUT2D eigenvalue weighted by Gasteiger charge is 2.55. The molecule has 1 unspecified atom stereocenters. The number of halogens is 1. The van der Waals surface area contributed by atoms with E-state index in [-0.39, 0.29) is 17.7 Å². The van der Waals surface area contributed by atoms with Gasteiger partial charge in [0.15, 0.2) is 11.9 Å². The Morgan fingerprint density at radius 1 is 1.09 bits per heavy atom. The van der Waals surface area contributed by atoms with Crippen molar-refractivity contribution in [3.63, 3.8) is 0 Å². The lowest BCUT2D eigenvalue weighted by molar-refractivity contribution is -0.130. The lowest BCUT2D eigenvalue weighted by Gasteiger charge is -2.44. The number of rotatable bonds is 6. The van der Waals surface area contributed by atoms with Crippen LogP contribution in [0.1, 0.15) is 32.3 Å². The molecule has 0 aromatic heterocycles. The molecule has 0 N–H and O–H groups in total. The van der Waals surface area contributed by atoms with E-state index in [1.54, 1.807) is 19.9 Å². The number of hydrogen-bond acceptors (Lipinski definition) is 6. The normalized spacial score (nSPS) is 25.7. The highest BCUT2D eigenvalue weighted by atomic mass is 35.5. The third kappa shape index (κ3) is 4.43. The first-order valence-electron chi connectivity index (χ1n) is 12.2. The van der Waals surface area contributed by atoms with E-state index >= 15 is 0 Å². The zero-order valence-corrected chi connectivity index (χ0v) is 20.9. The van der Waals surface area contributed by atoms with Gasteiger partial charge in [0.1, 0.15) is 17.5 Å². The highest BCUT2D eigenvalue weighted by molar-refractivity contribution is 6.31. The van der Waals surface area contributed by atoms with Gasteiger partial charge in [-0.3, -0.25) is 19.5 Å². The minimum absolute atomic E-state index is 0.0215. The zero-order valence-electron chi connectivity index (χ0n) is 20.2. The van der Waals surface area contributed by atoms with E-state index in [0.717, 1.165) is 56.8 Å². The second kappa shape index (κ2) is 9.63. The highest BCUT2D eigenvalue weighted by Crippen LogP contribution is 2.48. The summed E-state index contributed by atoms with van der Waals surface area (Å²) >= 11 is 6.32.